The van der Waals surface area contributed by atoms with Gasteiger partial charge in [0, 0.05) is 24.4 Å². The first-order valence-corrected chi connectivity index (χ1v) is 10.3. The van der Waals surface area contributed by atoms with Crippen LogP contribution in [0.2, 0.25) is 0 Å². The van der Waals surface area contributed by atoms with E-state index in [1.165, 1.54) is 16.1 Å². The molecule has 1 saturated heterocycles. The number of ether oxygens (including phenoxy) is 1. The summed E-state index contributed by atoms with van der Waals surface area (Å²) in [7, 11) is 1.84. The first kappa shape index (κ1) is 23.1. The van der Waals surface area contributed by atoms with E-state index in [4.69, 9.17) is 9.72 Å². The molecule has 7 heteroatoms. The van der Waals surface area contributed by atoms with Gasteiger partial charge in [0.05, 0.1) is 30.4 Å². The van der Waals surface area contributed by atoms with Crippen molar-refractivity contribution in [2.45, 2.75) is 45.8 Å². The number of morpholine rings is 1. The Hall–Kier alpha value is -1.19. The van der Waals surface area contributed by atoms with Crippen LogP contribution in [-0.4, -0.2) is 42.6 Å². The van der Waals surface area contributed by atoms with Crippen molar-refractivity contribution in [2.75, 3.05) is 26.7 Å². The van der Waals surface area contributed by atoms with Crippen molar-refractivity contribution in [2.24, 2.45) is 4.99 Å². The zero-order valence-electron chi connectivity index (χ0n) is 17.4. The lowest BCUT2D eigenvalue weighted by molar-refractivity contribution is -0.00834. The number of aryl methyl sites for hydroxylation is 1. The molecule has 1 unspecified atom stereocenters. The fourth-order valence-corrected chi connectivity index (χ4v) is 4.12. The standard InChI is InChI=1S/C21H30N4OS.HI/c1-15-8-6-7-9-17(15)18-13-25(10-11-26-18)20(22-5)23-12-16-14-27-19(24-16)21(2,3)4;/h6-9,14,18H,10-13H2,1-5H3,(H,22,23);1H. The van der Waals surface area contributed by atoms with Crippen molar-refractivity contribution in [3.63, 3.8) is 0 Å². The molecule has 1 N–H and O–H groups in total. The van der Waals surface area contributed by atoms with Gasteiger partial charge < -0.3 is 15.0 Å². The Morgan fingerprint density at radius 1 is 1.36 bits per heavy atom. The van der Waals surface area contributed by atoms with E-state index >= 15 is 0 Å². The third-order valence-electron chi connectivity index (χ3n) is 4.73. The summed E-state index contributed by atoms with van der Waals surface area (Å²) in [5.74, 6) is 0.905. The molecule has 0 saturated carbocycles. The lowest BCUT2D eigenvalue weighted by atomic mass is 9.98. The van der Waals surface area contributed by atoms with Gasteiger partial charge in [-0.05, 0) is 18.1 Å². The molecule has 0 aliphatic carbocycles. The number of hydrogen-bond donors (Lipinski definition) is 1. The molecule has 0 amide bonds. The molecule has 28 heavy (non-hydrogen) atoms. The maximum absolute atomic E-state index is 6.04. The molecule has 0 bridgehead atoms. The summed E-state index contributed by atoms with van der Waals surface area (Å²) < 4.78 is 6.04. The Morgan fingerprint density at radius 2 is 2.11 bits per heavy atom. The van der Waals surface area contributed by atoms with Crippen LogP contribution in [0, 0.1) is 6.92 Å². The van der Waals surface area contributed by atoms with Gasteiger partial charge in [-0.2, -0.15) is 0 Å². The second-order valence-corrected chi connectivity index (χ2v) is 8.81. The minimum absolute atomic E-state index is 0. The molecule has 154 valence electrons. The number of halogens is 1. The SMILES string of the molecule is CN=C(NCc1csc(C(C)(C)C)n1)N1CCOC(c2ccccc2C)C1.I. The number of rotatable bonds is 3. The molecule has 1 aliphatic rings. The number of nitrogens with zero attached hydrogens (tertiary/aromatic N) is 3. The summed E-state index contributed by atoms with van der Waals surface area (Å²) in [6.07, 6.45) is 0.0743. The fraction of sp³-hybridized carbons (Fsp3) is 0.524. The highest BCUT2D eigenvalue weighted by atomic mass is 127. The van der Waals surface area contributed by atoms with Crippen molar-refractivity contribution >= 4 is 41.3 Å². The first-order chi connectivity index (χ1) is 12.9. The molecular formula is C21H31IN4OS. The predicted octanol–water partition coefficient (Wildman–Crippen LogP) is 4.52. The Balaban J connectivity index is 0.00000280. The van der Waals surface area contributed by atoms with Gasteiger partial charge >= 0.3 is 0 Å². The molecule has 2 aromatic rings. The van der Waals surface area contributed by atoms with Crippen LogP contribution in [0.3, 0.4) is 0 Å². The molecule has 2 heterocycles. The summed E-state index contributed by atoms with van der Waals surface area (Å²) in [6, 6.07) is 8.44. The third kappa shape index (κ3) is 5.67. The van der Waals surface area contributed by atoms with Crippen LogP contribution in [0.15, 0.2) is 34.6 Å². The van der Waals surface area contributed by atoms with Crippen LogP contribution < -0.4 is 5.32 Å². The molecule has 0 radical (unpaired) electrons. The normalized spacial score (nSPS) is 18.0. The van der Waals surface area contributed by atoms with Gasteiger partial charge in [0.25, 0.3) is 0 Å². The summed E-state index contributed by atoms with van der Waals surface area (Å²) in [6.45, 7) is 11.8. The van der Waals surface area contributed by atoms with Crippen LogP contribution in [-0.2, 0) is 16.7 Å². The molecule has 1 fully saturated rings. The number of aliphatic imine (C=N–C) groups is 1. The van der Waals surface area contributed by atoms with Gasteiger partial charge in [0.2, 0.25) is 0 Å². The highest BCUT2D eigenvalue weighted by Gasteiger charge is 2.25. The highest BCUT2D eigenvalue weighted by Crippen LogP contribution is 2.26. The molecule has 0 spiro atoms. The lowest BCUT2D eigenvalue weighted by Gasteiger charge is -2.35. The van der Waals surface area contributed by atoms with E-state index in [2.05, 4.69) is 72.5 Å². The van der Waals surface area contributed by atoms with E-state index < -0.39 is 0 Å². The number of thiazole rings is 1. The van der Waals surface area contributed by atoms with E-state index in [0.717, 1.165) is 24.7 Å². The Labute approximate surface area is 189 Å². The smallest absolute Gasteiger partial charge is 0.194 e. The third-order valence-corrected chi connectivity index (χ3v) is 6.05. The van der Waals surface area contributed by atoms with Gasteiger partial charge in [-0.3, -0.25) is 4.99 Å². The Morgan fingerprint density at radius 3 is 2.75 bits per heavy atom. The quantitative estimate of drug-likeness (QED) is 0.372. The predicted molar refractivity (Wildman–Crippen MR) is 128 cm³/mol. The second-order valence-electron chi connectivity index (χ2n) is 7.96. The van der Waals surface area contributed by atoms with Gasteiger partial charge in [-0.25, -0.2) is 4.98 Å². The average Bonchev–Trinajstić information content (AvgIpc) is 3.12. The number of aromatic nitrogens is 1. The van der Waals surface area contributed by atoms with Crippen molar-refractivity contribution < 1.29 is 4.74 Å². The van der Waals surface area contributed by atoms with E-state index in [1.807, 2.05) is 7.05 Å². The van der Waals surface area contributed by atoms with E-state index in [-0.39, 0.29) is 35.5 Å². The van der Waals surface area contributed by atoms with E-state index in [9.17, 15) is 0 Å². The van der Waals surface area contributed by atoms with Crippen LogP contribution in [0.4, 0.5) is 0 Å². The number of benzene rings is 1. The summed E-state index contributed by atoms with van der Waals surface area (Å²) in [4.78, 5) is 11.5. The van der Waals surface area contributed by atoms with Crippen molar-refractivity contribution in [3.05, 3.63) is 51.5 Å². The van der Waals surface area contributed by atoms with Crippen LogP contribution >= 0.6 is 35.3 Å². The zero-order valence-corrected chi connectivity index (χ0v) is 20.5. The number of guanidine groups is 1. The molecule has 3 rings (SSSR count). The van der Waals surface area contributed by atoms with Crippen LogP contribution in [0.25, 0.3) is 0 Å². The molecule has 1 aromatic heterocycles. The fourth-order valence-electron chi connectivity index (χ4n) is 3.21. The Bertz CT molecular complexity index is 800. The minimum atomic E-state index is 0. The van der Waals surface area contributed by atoms with Crippen molar-refractivity contribution in [1.29, 1.82) is 0 Å². The Kier molecular flexibility index (Phi) is 8.27. The van der Waals surface area contributed by atoms with Gasteiger partial charge in [0.1, 0.15) is 6.10 Å². The van der Waals surface area contributed by atoms with Gasteiger partial charge in [-0.1, -0.05) is 45.0 Å². The average molecular weight is 514 g/mol. The topological polar surface area (TPSA) is 49.8 Å². The van der Waals surface area contributed by atoms with Crippen molar-refractivity contribution in [1.82, 2.24) is 15.2 Å². The summed E-state index contributed by atoms with van der Waals surface area (Å²) in [5, 5.41) is 6.77. The monoisotopic (exact) mass is 514 g/mol. The lowest BCUT2D eigenvalue weighted by Crippen LogP contribution is -2.48. The maximum atomic E-state index is 6.04. The zero-order chi connectivity index (χ0) is 19.4. The minimum Gasteiger partial charge on any atom is -0.370 e. The van der Waals surface area contributed by atoms with Crippen LogP contribution in [0.1, 0.15) is 48.7 Å². The summed E-state index contributed by atoms with van der Waals surface area (Å²) in [5.41, 5.74) is 3.68. The van der Waals surface area contributed by atoms with Gasteiger partial charge in [0.15, 0.2) is 5.96 Å². The molecule has 5 nitrogen and oxygen atoms in total. The second kappa shape index (κ2) is 10.0. The van der Waals surface area contributed by atoms with Crippen LogP contribution in [0.5, 0.6) is 0 Å². The number of hydrogen-bond acceptors (Lipinski definition) is 4. The van der Waals surface area contributed by atoms with Gasteiger partial charge in [-0.15, -0.1) is 35.3 Å². The first-order valence-electron chi connectivity index (χ1n) is 9.46. The maximum Gasteiger partial charge on any atom is 0.194 e. The number of nitrogens with one attached hydrogen (secondary N) is 1. The van der Waals surface area contributed by atoms with Crippen molar-refractivity contribution in [3.8, 4) is 0 Å². The highest BCUT2D eigenvalue weighted by molar-refractivity contribution is 14.0. The summed E-state index contributed by atoms with van der Waals surface area (Å²) >= 11 is 1.73. The molecular weight excluding hydrogens is 483 g/mol. The molecule has 1 aromatic carbocycles. The largest absolute Gasteiger partial charge is 0.370 e. The molecule has 1 atom stereocenters. The van der Waals surface area contributed by atoms with E-state index in [0.29, 0.717) is 13.2 Å². The van der Waals surface area contributed by atoms with E-state index in [1.54, 1.807) is 11.3 Å². The molecule has 1 aliphatic heterocycles.